The van der Waals surface area contributed by atoms with Crippen LogP contribution in [0.25, 0.3) is 0 Å². The maximum Gasteiger partial charge on any atom is 0.311 e. The van der Waals surface area contributed by atoms with E-state index in [-0.39, 0.29) is 24.0 Å². The molecule has 0 bridgehead atoms. The SMILES string of the molecule is CCOc1cc(OCC)c([N+](=O)[O-])cc1/C=N\NC(=O)c1ccc(C)cc1. The second-order valence-corrected chi connectivity index (χ2v) is 5.55. The van der Waals surface area contributed by atoms with Crippen LogP contribution >= 0.6 is 0 Å². The highest BCUT2D eigenvalue weighted by molar-refractivity contribution is 5.95. The van der Waals surface area contributed by atoms with Gasteiger partial charge >= 0.3 is 5.69 Å². The first-order chi connectivity index (χ1) is 13.0. The van der Waals surface area contributed by atoms with Crippen molar-refractivity contribution in [2.75, 3.05) is 13.2 Å². The molecule has 0 radical (unpaired) electrons. The molecule has 0 spiro atoms. The topological polar surface area (TPSA) is 103 Å². The number of carbonyl (C=O) groups excluding carboxylic acids is 1. The van der Waals surface area contributed by atoms with Crippen molar-refractivity contribution >= 4 is 17.8 Å². The molecule has 2 rings (SSSR count). The molecule has 8 nitrogen and oxygen atoms in total. The Balaban J connectivity index is 2.25. The average Bonchev–Trinajstić information content (AvgIpc) is 2.64. The van der Waals surface area contributed by atoms with Gasteiger partial charge < -0.3 is 9.47 Å². The lowest BCUT2D eigenvalue weighted by molar-refractivity contribution is -0.385. The van der Waals surface area contributed by atoms with Gasteiger partial charge in [-0.3, -0.25) is 14.9 Å². The first-order valence-corrected chi connectivity index (χ1v) is 8.44. The minimum Gasteiger partial charge on any atom is -0.493 e. The smallest absolute Gasteiger partial charge is 0.311 e. The van der Waals surface area contributed by atoms with Crippen LogP contribution < -0.4 is 14.9 Å². The lowest BCUT2D eigenvalue weighted by atomic mass is 10.1. The number of aryl methyl sites for hydroxylation is 1. The van der Waals surface area contributed by atoms with E-state index in [2.05, 4.69) is 10.5 Å². The van der Waals surface area contributed by atoms with Gasteiger partial charge in [-0.25, -0.2) is 5.43 Å². The fraction of sp³-hybridized carbons (Fsp3) is 0.263. The zero-order valence-corrected chi connectivity index (χ0v) is 15.4. The summed E-state index contributed by atoms with van der Waals surface area (Å²) in [5.74, 6) is 0.108. The molecule has 0 saturated carbocycles. The lowest BCUT2D eigenvalue weighted by Gasteiger charge is -2.10. The van der Waals surface area contributed by atoms with E-state index in [1.165, 1.54) is 18.3 Å². The van der Waals surface area contributed by atoms with E-state index >= 15 is 0 Å². The Morgan fingerprint density at radius 2 is 1.78 bits per heavy atom. The lowest BCUT2D eigenvalue weighted by Crippen LogP contribution is -2.17. The average molecular weight is 371 g/mol. The van der Waals surface area contributed by atoms with Crippen molar-refractivity contribution in [3.8, 4) is 11.5 Å². The van der Waals surface area contributed by atoms with Crippen LogP contribution in [0.15, 0.2) is 41.5 Å². The van der Waals surface area contributed by atoms with Crippen molar-refractivity contribution in [2.24, 2.45) is 5.10 Å². The third-order valence-electron chi connectivity index (χ3n) is 3.57. The van der Waals surface area contributed by atoms with Crippen molar-refractivity contribution in [3.05, 3.63) is 63.2 Å². The maximum absolute atomic E-state index is 12.1. The monoisotopic (exact) mass is 371 g/mol. The summed E-state index contributed by atoms with van der Waals surface area (Å²) in [6, 6.07) is 9.77. The summed E-state index contributed by atoms with van der Waals surface area (Å²) in [5.41, 5.74) is 4.05. The first kappa shape index (κ1) is 19.9. The highest BCUT2D eigenvalue weighted by Gasteiger charge is 2.19. The molecule has 142 valence electrons. The fourth-order valence-electron chi connectivity index (χ4n) is 2.29. The van der Waals surface area contributed by atoms with Crippen molar-refractivity contribution in [3.63, 3.8) is 0 Å². The molecule has 0 aliphatic heterocycles. The number of nitro benzene ring substituents is 1. The van der Waals surface area contributed by atoms with Gasteiger partial charge in [-0.15, -0.1) is 0 Å². The first-order valence-electron chi connectivity index (χ1n) is 8.44. The van der Waals surface area contributed by atoms with Gasteiger partial charge in [-0.05, 0) is 32.9 Å². The van der Waals surface area contributed by atoms with E-state index in [9.17, 15) is 14.9 Å². The molecule has 0 saturated heterocycles. The van der Waals surface area contributed by atoms with Crippen molar-refractivity contribution < 1.29 is 19.2 Å². The molecule has 0 aliphatic carbocycles. The van der Waals surface area contributed by atoms with Gasteiger partial charge in [0.25, 0.3) is 5.91 Å². The van der Waals surface area contributed by atoms with Gasteiger partial charge in [-0.1, -0.05) is 17.7 Å². The van der Waals surface area contributed by atoms with Crippen LogP contribution in [0.3, 0.4) is 0 Å². The van der Waals surface area contributed by atoms with E-state index in [0.717, 1.165) is 5.56 Å². The number of nitrogens with one attached hydrogen (secondary N) is 1. The largest absolute Gasteiger partial charge is 0.493 e. The van der Waals surface area contributed by atoms with Crippen molar-refractivity contribution in [1.29, 1.82) is 0 Å². The molecule has 0 atom stereocenters. The number of ether oxygens (including phenoxy) is 2. The van der Waals surface area contributed by atoms with Crippen LogP contribution in [-0.4, -0.2) is 30.3 Å². The molecule has 27 heavy (non-hydrogen) atoms. The molecular weight excluding hydrogens is 350 g/mol. The number of hydrogen-bond donors (Lipinski definition) is 1. The minimum absolute atomic E-state index is 0.117. The maximum atomic E-state index is 12.1. The molecule has 1 amide bonds. The van der Waals surface area contributed by atoms with Gasteiger partial charge in [0.15, 0.2) is 0 Å². The number of amides is 1. The van der Waals surface area contributed by atoms with E-state index < -0.39 is 4.92 Å². The Kier molecular flexibility index (Phi) is 6.87. The molecule has 0 aromatic heterocycles. The van der Waals surface area contributed by atoms with E-state index in [1.54, 1.807) is 26.0 Å². The summed E-state index contributed by atoms with van der Waals surface area (Å²) in [4.78, 5) is 22.8. The Hall–Kier alpha value is -3.42. The highest BCUT2D eigenvalue weighted by Crippen LogP contribution is 2.34. The summed E-state index contributed by atoms with van der Waals surface area (Å²) in [7, 11) is 0. The van der Waals surface area contributed by atoms with Crippen LogP contribution in [0.1, 0.15) is 35.3 Å². The molecule has 0 aliphatic rings. The van der Waals surface area contributed by atoms with Crippen LogP contribution in [0.2, 0.25) is 0 Å². The molecule has 2 aromatic carbocycles. The van der Waals surface area contributed by atoms with E-state index in [4.69, 9.17) is 9.47 Å². The summed E-state index contributed by atoms with van der Waals surface area (Å²) in [5, 5.41) is 15.2. The standard InChI is InChI=1S/C19H21N3O5/c1-4-26-17-11-18(27-5-2)16(22(24)25)10-15(17)12-20-21-19(23)14-8-6-13(3)7-9-14/h6-12H,4-5H2,1-3H3,(H,21,23)/b20-12-. The normalized spacial score (nSPS) is 10.6. The second kappa shape index (κ2) is 9.33. The number of hydrazone groups is 1. The molecule has 8 heteroatoms. The van der Waals surface area contributed by atoms with Crippen LogP contribution in [-0.2, 0) is 0 Å². The third kappa shape index (κ3) is 5.27. The molecule has 1 N–H and O–H groups in total. The molecule has 0 unspecified atom stereocenters. The Labute approximate surface area is 157 Å². The number of rotatable bonds is 8. The number of nitro groups is 1. The van der Waals surface area contributed by atoms with E-state index in [1.807, 2.05) is 19.1 Å². The third-order valence-corrected chi connectivity index (χ3v) is 3.57. The summed E-state index contributed by atoms with van der Waals surface area (Å²) < 4.78 is 10.8. The number of nitrogens with zero attached hydrogens (tertiary/aromatic N) is 2. The van der Waals surface area contributed by atoms with Crippen molar-refractivity contribution in [1.82, 2.24) is 5.43 Å². The van der Waals surface area contributed by atoms with Gasteiger partial charge in [-0.2, -0.15) is 5.10 Å². The van der Waals surface area contributed by atoms with Gasteiger partial charge in [0.2, 0.25) is 5.75 Å². The Morgan fingerprint density at radius 1 is 1.15 bits per heavy atom. The minimum atomic E-state index is -0.539. The Morgan fingerprint density at radius 3 is 2.37 bits per heavy atom. The van der Waals surface area contributed by atoms with Crippen LogP contribution in [0.5, 0.6) is 11.5 Å². The van der Waals surface area contributed by atoms with Gasteiger partial charge in [0.1, 0.15) is 5.75 Å². The summed E-state index contributed by atoms with van der Waals surface area (Å²) in [6.07, 6.45) is 1.31. The zero-order valence-electron chi connectivity index (χ0n) is 15.4. The zero-order chi connectivity index (χ0) is 19.8. The summed E-state index contributed by atoms with van der Waals surface area (Å²) in [6.45, 7) is 6.10. The molecule has 0 fully saturated rings. The summed E-state index contributed by atoms with van der Waals surface area (Å²) >= 11 is 0. The highest BCUT2D eigenvalue weighted by atomic mass is 16.6. The predicted octanol–water partition coefficient (Wildman–Crippen LogP) is 3.46. The molecular formula is C19H21N3O5. The second-order valence-electron chi connectivity index (χ2n) is 5.55. The van der Waals surface area contributed by atoms with Gasteiger partial charge in [0.05, 0.1) is 24.4 Å². The Bertz CT molecular complexity index is 847. The quantitative estimate of drug-likeness (QED) is 0.435. The molecule has 0 heterocycles. The van der Waals surface area contributed by atoms with Crippen molar-refractivity contribution in [2.45, 2.75) is 20.8 Å². The van der Waals surface area contributed by atoms with Crippen LogP contribution in [0, 0.1) is 17.0 Å². The van der Waals surface area contributed by atoms with Gasteiger partial charge in [0, 0.05) is 23.3 Å². The van der Waals surface area contributed by atoms with E-state index in [0.29, 0.717) is 23.5 Å². The number of carbonyl (C=O) groups is 1. The number of benzene rings is 2. The predicted molar refractivity (Wildman–Crippen MR) is 102 cm³/mol. The fourth-order valence-corrected chi connectivity index (χ4v) is 2.29. The van der Waals surface area contributed by atoms with Crippen LogP contribution in [0.4, 0.5) is 5.69 Å². The molecule has 2 aromatic rings. The number of hydrogen-bond acceptors (Lipinski definition) is 6.